The number of allylic oxidation sites excluding steroid dienone is 5. The van der Waals surface area contributed by atoms with Gasteiger partial charge in [0.2, 0.25) is 5.78 Å². The Labute approximate surface area is 193 Å². The van der Waals surface area contributed by atoms with Crippen molar-refractivity contribution in [2.24, 2.45) is 22.7 Å². The molecule has 0 saturated heterocycles. The molecule has 1 aromatic carbocycles. The topological polar surface area (TPSA) is 46.2 Å². The van der Waals surface area contributed by atoms with Gasteiger partial charge in [0.25, 0.3) is 0 Å². The lowest BCUT2D eigenvalue weighted by Gasteiger charge is -2.58. The van der Waals surface area contributed by atoms with Crippen LogP contribution in [-0.4, -0.2) is 18.1 Å². The Morgan fingerprint density at radius 3 is 2.53 bits per heavy atom. The highest BCUT2D eigenvalue weighted by Crippen LogP contribution is 2.62. The van der Waals surface area contributed by atoms with Crippen molar-refractivity contribution in [3.63, 3.8) is 0 Å². The van der Waals surface area contributed by atoms with E-state index >= 15 is 0 Å². The van der Waals surface area contributed by atoms with Crippen molar-refractivity contribution in [3.8, 4) is 0 Å². The molecule has 3 heteroatoms. The molecule has 170 valence electrons. The number of nitrogens with one attached hydrogen (secondary N) is 1. The van der Waals surface area contributed by atoms with Gasteiger partial charge >= 0.3 is 0 Å². The zero-order valence-electron chi connectivity index (χ0n) is 20.0. The summed E-state index contributed by atoms with van der Waals surface area (Å²) in [7, 11) is 0. The van der Waals surface area contributed by atoms with Crippen molar-refractivity contribution >= 4 is 11.6 Å². The number of benzene rings is 1. The zero-order chi connectivity index (χ0) is 22.9. The highest BCUT2D eigenvalue weighted by atomic mass is 16.1. The lowest BCUT2D eigenvalue weighted by atomic mass is 9.46. The van der Waals surface area contributed by atoms with E-state index in [-0.39, 0.29) is 22.4 Å². The maximum Gasteiger partial charge on any atom is 0.202 e. The molecule has 1 N–H and O–H groups in total. The van der Waals surface area contributed by atoms with Crippen molar-refractivity contribution in [1.82, 2.24) is 5.32 Å². The van der Waals surface area contributed by atoms with Gasteiger partial charge < -0.3 is 5.32 Å². The van der Waals surface area contributed by atoms with Gasteiger partial charge in [0, 0.05) is 18.2 Å². The second kappa shape index (κ2) is 8.84. The van der Waals surface area contributed by atoms with Crippen LogP contribution in [0.5, 0.6) is 0 Å². The van der Waals surface area contributed by atoms with Crippen molar-refractivity contribution in [2.75, 3.05) is 6.54 Å². The molecule has 0 spiro atoms. The Kier molecular flexibility index (Phi) is 6.29. The molecule has 1 aromatic rings. The largest absolute Gasteiger partial charge is 0.381 e. The highest BCUT2D eigenvalue weighted by molar-refractivity contribution is 6.19. The molecule has 0 radical (unpaired) electrons. The fourth-order valence-electron chi connectivity index (χ4n) is 6.48. The summed E-state index contributed by atoms with van der Waals surface area (Å²) >= 11 is 0. The first-order valence-corrected chi connectivity index (χ1v) is 12.2. The average molecular weight is 432 g/mol. The third-order valence-corrected chi connectivity index (χ3v) is 8.90. The molecule has 1 saturated carbocycles. The van der Waals surface area contributed by atoms with Gasteiger partial charge in [0.1, 0.15) is 0 Å². The predicted molar refractivity (Wildman–Crippen MR) is 130 cm³/mol. The molecule has 0 amide bonds. The monoisotopic (exact) mass is 431 g/mol. The summed E-state index contributed by atoms with van der Waals surface area (Å²) in [5.74, 6) is 1.00. The van der Waals surface area contributed by atoms with Crippen molar-refractivity contribution in [3.05, 3.63) is 71.0 Å². The van der Waals surface area contributed by atoms with Gasteiger partial charge in [-0.15, -0.1) is 0 Å². The Morgan fingerprint density at radius 1 is 1.03 bits per heavy atom. The van der Waals surface area contributed by atoms with Crippen LogP contribution in [0.1, 0.15) is 65.4 Å². The van der Waals surface area contributed by atoms with Gasteiger partial charge in [0.15, 0.2) is 5.78 Å². The minimum Gasteiger partial charge on any atom is -0.381 e. The first-order valence-electron chi connectivity index (χ1n) is 12.2. The molecule has 3 aliphatic carbocycles. The molecule has 0 aliphatic heterocycles. The van der Waals surface area contributed by atoms with Crippen LogP contribution >= 0.6 is 0 Å². The SMILES string of the molecule is CC1=CCC[C@H]2[C@](C)(CC3=CC(=O)C(NCCc4ccccc4)=CC3=O)[C@@H](C)CC[C@]12C. The summed E-state index contributed by atoms with van der Waals surface area (Å²) in [4.78, 5) is 25.9. The van der Waals surface area contributed by atoms with Gasteiger partial charge in [-0.2, -0.15) is 0 Å². The molecule has 1 fully saturated rings. The summed E-state index contributed by atoms with van der Waals surface area (Å²) < 4.78 is 0. The van der Waals surface area contributed by atoms with Crippen LogP contribution in [-0.2, 0) is 16.0 Å². The van der Waals surface area contributed by atoms with Crippen LogP contribution < -0.4 is 5.32 Å². The molecule has 32 heavy (non-hydrogen) atoms. The Morgan fingerprint density at radius 2 is 1.78 bits per heavy atom. The molecule has 0 unspecified atom stereocenters. The maximum absolute atomic E-state index is 13.1. The summed E-state index contributed by atoms with van der Waals surface area (Å²) in [6, 6.07) is 10.2. The number of carbonyl (C=O) groups is 2. The van der Waals surface area contributed by atoms with Crippen LogP contribution in [0.4, 0.5) is 0 Å². The molecule has 0 heterocycles. The lowest BCUT2D eigenvalue weighted by molar-refractivity contribution is -0.116. The van der Waals surface area contributed by atoms with Gasteiger partial charge in [-0.25, -0.2) is 0 Å². The molecule has 0 aromatic heterocycles. The Hall–Kier alpha value is -2.42. The molecule has 4 rings (SSSR count). The number of hydrogen-bond donors (Lipinski definition) is 1. The van der Waals surface area contributed by atoms with Crippen LogP contribution in [0, 0.1) is 22.7 Å². The first kappa shape index (κ1) is 22.8. The molecule has 3 aliphatic rings. The van der Waals surface area contributed by atoms with E-state index < -0.39 is 0 Å². The predicted octanol–water partition coefficient (Wildman–Crippen LogP) is 5.97. The second-order valence-electron chi connectivity index (χ2n) is 10.7. The normalized spacial score (nSPS) is 32.6. The van der Waals surface area contributed by atoms with E-state index in [1.807, 2.05) is 18.2 Å². The van der Waals surface area contributed by atoms with Gasteiger partial charge in [-0.1, -0.05) is 62.8 Å². The smallest absolute Gasteiger partial charge is 0.202 e. The van der Waals surface area contributed by atoms with Crippen molar-refractivity contribution < 1.29 is 9.59 Å². The summed E-state index contributed by atoms with van der Waals surface area (Å²) in [5, 5.41) is 3.19. The van der Waals surface area contributed by atoms with Crippen molar-refractivity contribution in [2.45, 2.75) is 66.2 Å². The second-order valence-corrected chi connectivity index (χ2v) is 10.7. The summed E-state index contributed by atoms with van der Waals surface area (Å²) in [5.41, 5.74) is 4.08. The van der Waals surface area contributed by atoms with E-state index in [0.717, 1.165) is 12.8 Å². The van der Waals surface area contributed by atoms with E-state index in [2.05, 4.69) is 51.2 Å². The minimum atomic E-state index is -0.0674. The molecular formula is C29H37NO2. The Balaban J connectivity index is 1.46. The molecule has 3 nitrogen and oxygen atoms in total. The maximum atomic E-state index is 13.1. The average Bonchev–Trinajstić information content (AvgIpc) is 2.77. The number of hydrogen-bond acceptors (Lipinski definition) is 3. The van der Waals surface area contributed by atoms with Crippen molar-refractivity contribution in [1.29, 1.82) is 0 Å². The molecule has 4 atom stereocenters. The van der Waals surface area contributed by atoms with E-state index in [4.69, 9.17) is 0 Å². The van der Waals surface area contributed by atoms with Gasteiger partial charge in [-0.3, -0.25) is 9.59 Å². The summed E-state index contributed by atoms with van der Waals surface area (Å²) in [6.45, 7) is 10.1. The van der Waals surface area contributed by atoms with E-state index in [9.17, 15) is 9.59 Å². The molecular weight excluding hydrogens is 394 g/mol. The molecule has 0 bridgehead atoms. The standard InChI is InChI=1S/C29H37NO2/c1-20-9-8-12-27-28(20,3)15-13-21(2)29(27,4)19-23-17-26(32)24(18-25(23)31)30-16-14-22-10-6-5-7-11-22/h5-7,9-11,17-18,21,27,30H,8,12-16,19H2,1-4H3/t21-,27+,28+,29+/m0/s1. The quantitative estimate of drug-likeness (QED) is 0.446. The van der Waals surface area contributed by atoms with Gasteiger partial charge in [-0.05, 0) is 79.8 Å². The summed E-state index contributed by atoms with van der Waals surface area (Å²) in [6.07, 6.45) is 11.8. The number of fused-ring (bicyclic) bond motifs is 1. The first-order chi connectivity index (χ1) is 15.2. The third kappa shape index (κ3) is 4.14. The number of ketones is 2. The van der Waals surface area contributed by atoms with E-state index in [0.29, 0.717) is 36.1 Å². The van der Waals surface area contributed by atoms with Crippen LogP contribution in [0.2, 0.25) is 0 Å². The van der Waals surface area contributed by atoms with Crippen LogP contribution in [0.15, 0.2) is 65.4 Å². The number of rotatable bonds is 6. The van der Waals surface area contributed by atoms with Crippen LogP contribution in [0.25, 0.3) is 0 Å². The van der Waals surface area contributed by atoms with Crippen LogP contribution in [0.3, 0.4) is 0 Å². The lowest BCUT2D eigenvalue weighted by Crippen LogP contribution is -2.50. The van der Waals surface area contributed by atoms with E-state index in [1.54, 1.807) is 6.08 Å². The fourth-order valence-corrected chi connectivity index (χ4v) is 6.48. The highest BCUT2D eigenvalue weighted by Gasteiger charge is 2.53. The third-order valence-electron chi connectivity index (χ3n) is 8.90. The fraction of sp³-hybridized carbons (Fsp3) is 0.517. The van der Waals surface area contributed by atoms with Gasteiger partial charge in [0.05, 0.1) is 5.70 Å². The minimum absolute atomic E-state index is 0.00409. The zero-order valence-corrected chi connectivity index (χ0v) is 20.0. The Bertz CT molecular complexity index is 986. The number of carbonyl (C=O) groups excluding carboxylic acids is 2. The van der Waals surface area contributed by atoms with E-state index in [1.165, 1.54) is 36.5 Å².